The van der Waals surface area contributed by atoms with Gasteiger partial charge in [0.25, 0.3) is 0 Å². The zero-order chi connectivity index (χ0) is 18.3. The molecule has 0 radical (unpaired) electrons. The molecule has 0 spiro atoms. The summed E-state index contributed by atoms with van der Waals surface area (Å²) in [5.74, 6) is 1.32. The minimum Gasteiger partial charge on any atom is -0.495 e. The molecule has 2 aromatic rings. The third-order valence-electron chi connectivity index (χ3n) is 4.89. The normalized spacial score (nSPS) is 16.4. The summed E-state index contributed by atoms with van der Waals surface area (Å²) in [5.41, 5.74) is 6.09. The van der Waals surface area contributed by atoms with E-state index in [1.807, 2.05) is 6.07 Å². The summed E-state index contributed by atoms with van der Waals surface area (Å²) in [5, 5.41) is 3.67. The molecule has 1 N–H and O–H groups in total. The van der Waals surface area contributed by atoms with Crippen molar-refractivity contribution in [1.29, 1.82) is 0 Å². The Morgan fingerprint density at radius 1 is 1.16 bits per heavy atom. The maximum absolute atomic E-state index is 5.60. The van der Waals surface area contributed by atoms with Gasteiger partial charge in [0.2, 0.25) is 0 Å². The number of hydrogen-bond acceptors (Lipinski definition) is 4. The van der Waals surface area contributed by atoms with E-state index in [0.29, 0.717) is 5.92 Å². The van der Waals surface area contributed by atoms with E-state index in [9.17, 15) is 0 Å². The molecule has 1 heterocycles. The maximum atomic E-state index is 5.60. The van der Waals surface area contributed by atoms with Crippen LogP contribution in [0.3, 0.4) is 0 Å². The molecule has 134 valence electrons. The van der Waals surface area contributed by atoms with Gasteiger partial charge in [-0.05, 0) is 42.2 Å². The Morgan fingerprint density at radius 3 is 2.52 bits per heavy atom. The van der Waals surface area contributed by atoms with Gasteiger partial charge in [-0.25, -0.2) is 0 Å². The highest BCUT2D eigenvalue weighted by molar-refractivity contribution is 9.10. The molecule has 1 unspecified atom stereocenters. The number of halogens is 1. The second-order valence-electron chi connectivity index (χ2n) is 6.91. The van der Waals surface area contributed by atoms with E-state index in [0.717, 1.165) is 21.5 Å². The number of ether oxygens (including phenoxy) is 1. The van der Waals surface area contributed by atoms with Crippen LogP contribution in [0, 0.1) is 6.92 Å². The Labute approximate surface area is 158 Å². The van der Waals surface area contributed by atoms with E-state index in [-0.39, 0.29) is 6.29 Å². The quantitative estimate of drug-likeness (QED) is 0.761. The van der Waals surface area contributed by atoms with Crippen molar-refractivity contribution < 1.29 is 4.74 Å². The molecule has 4 nitrogen and oxygen atoms in total. The predicted molar refractivity (Wildman–Crippen MR) is 110 cm³/mol. The summed E-state index contributed by atoms with van der Waals surface area (Å²) in [7, 11) is 5.98. The Morgan fingerprint density at radius 2 is 1.88 bits per heavy atom. The molecule has 1 aliphatic heterocycles. The molecule has 25 heavy (non-hydrogen) atoms. The Kier molecular flexibility index (Phi) is 4.87. The van der Waals surface area contributed by atoms with Crippen LogP contribution in [-0.2, 0) is 0 Å². The Balaban J connectivity index is 2.00. The first-order chi connectivity index (χ1) is 11.8. The average molecular weight is 404 g/mol. The molecule has 0 saturated heterocycles. The van der Waals surface area contributed by atoms with E-state index in [1.54, 1.807) is 7.11 Å². The van der Waals surface area contributed by atoms with Gasteiger partial charge in [-0.1, -0.05) is 41.9 Å². The summed E-state index contributed by atoms with van der Waals surface area (Å²) in [6, 6.07) is 10.7. The number of rotatable bonds is 4. The minimum atomic E-state index is 0.0312. The fraction of sp³-hybridized carbons (Fsp3) is 0.400. The van der Waals surface area contributed by atoms with Crippen LogP contribution in [0.25, 0.3) is 0 Å². The van der Waals surface area contributed by atoms with Crippen molar-refractivity contribution in [2.75, 3.05) is 36.3 Å². The molecule has 1 aliphatic rings. The van der Waals surface area contributed by atoms with E-state index in [2.05, 4.69) is 90.2 Å². The summed E-state index contributed by atoms with van der Waals surface area (Å²) in [6.45, 7) is 6.58. The number of para-hydroxylation sites is 1. The number of nitrogens with one attached hydrogen (secondary N) is 1. The largest absolute Gasteiger partial charge is 0.495 e. The molecule has 0 saturated carbocycles. The lowest BCUT2D eigenvalue weighted by molar-refractivity contribution is 0.415. The van der Waals surface area contributed by atoms with Crippen molar-refractivity contribution in [3.63, 3.8) is 0 Å². The lowest BCUT2D eigenvalue weighted by atomic mass is 10.00. The van der Waals surface area contributed by atoms with Gasteiger partial charge in [-0.15, -0.1) is 0 Å². The van der Waals surface area contributed by atoms with Crippen LogP contribution in [0.5, 0.6) is 5.75 Å². The topological polar surface area (TPSA) is 27.7 Å². The molecule has 3 rings (SSSR count). The van der Waals surface area contributed by atoms with Gasteiger partial charge in [-0.3, -0.25) is 0 Å². The van der Waals surface area contributed by atoms with E-state index in [1.165, 1.54) is 16.9 Å². The van der Waals surface area contributed by atoms with Crippen LogP contribution in [0.15, 0.2) is 34.8 Å². The van der Waals surface area contributed by atoms with E-state index in [4.69, 9.17) is 4.74 Å². The van der Waals surface area contributed by atoms with Crippen molar-refractivity contribution in [1.82, 2.24) is 0 Å². The van der Waals surface area contributed by atoms with Crippen molar-refractivity contribution in [2.24, 2.45) is 0 Å². The van der Waals surface area contributed by atoms with Crippen LogP contribution in [0.4, 0.5) is 17.1 Å². The Hall–Kier alpha value is -1.88. The lowest BCUT2D eigenvalue weighted by Crippen LogP contribution is -2.45. The summed E-state index contributed by atoms with van der Waals surface area (Å²) < 4.78 is 6.62. The van der Waals surface area contributed by atoms with Gasteiger partial charge in [0.05, 0.1) is 24.2 Å². The molecule has 5 heteroatoms. The lowest BCUT2D eigenvalue weighted by Gasteiger charge is -2.31. The van der Waals surface area contributed by atoms with Crippen LogP contribution >= 0.6 is 15.9 Å². The van der Waals surface area contributed by atoms with Gasteiger partial charge in [-0.2, -0.15) is 0 Å². The van der Waals surface area contributed by atoms with Gasteiger partial charge >= 0.3 is 0 Å². The standard InChI is InChI=1S/C20H26BrN3O/c1-12(2)15-8-7-9-16-19(15)24(5)20(23(16)4)22-18-13(3)10-14(21)11-17(18)25-6/h7-12,20,22H,1-6H3. The van der Waals surface area contributed by atoms with Crippen LogP contribution < -0.4 is 19.9 Å². The first-order valence-electron chi connectivity index (χ1n) is 8.54. The number of anilines is 3. The fourth-order valence-corrected chi connectivity index (χ4v) is 4.13. The molecule has 0 aromatic heterocycles. The van der Waals surface area contributed by atoms with Crippen molar-refractivity contribution >= 4 is 33.0 Å². The number of methoxy groups -OCH3 is 1. The average Bonchev–Trinajstić information content (AvgIpc) is 2.81. The molecule has 0 fully saturated rings. The number of fused-ring (bicyclic) bond motifs is 1. The number of hydrogen-bond donors (Lipinski definition) is 1. The molecule has 2 aromatic carbocycles. The van der Waals surface area contributed by atoms with Gasteiger partial charge in [0.15, 0.2) is 6.29 Å². The molecular formula is C20H26BrN3O. The molecule has 0 amide bonds. The highest BCUT2D eigenvalue weighted by Gasteiger charge is 2.34. The number of nitrogens with zero attached hydrogens (tertiary/aromatic N) is 2. The second-order valence-corrected chi connectivity index (χ2v) is 7.83. The van der Waals surface area contributed by atoms with Gasteiger partial charge in [0, 0.05) is 18.6 Å². The molecule has 0 aliphatic carbocycles. The molecule has 1 atom stereocenters. The zero-order valence-corrected chi connectivity index (χ0v) is 17.3. The summed E-state index contributed by atoms with van der Waals surface area (Å²) >= 11 is 3.54. The van der Waals surface area contributed by atoms with E-state index < -0.39 is 0 Å². The number of benzene rings is 2. The second kappa shape index (κ2) is 6.79. The minimum absolute atomic E-state index is 0.0312. The SMILES string of the molecule is COc1cc(Br)cc(C)c1NC1N(C)c2cccc(C(C)C)c2N1C. The van der Waals surface area contributed by atoms with Gasteiger partial charge < -0.3 is 19.9 Å². The highest BCUT2D eigenvalue weighted by Crippen LogP contribution is 2.44. The van der Waals surface area contributed by atoms with E-state index >= 15 is 0 Å². The third kappa shape index (κ3) is 3.06. The van der Waals surface area contributed by atoms with Crippen molar-refractivity contribution in [3.8, 4) is 5.75 Å². The van der Waals surface area contributed by atoms with Crippen molar-refractivity contribution in [3.05, 3.63) is 45.9 Å². The van der Waals surface area contributed by atoms with Crippen LogP contribution in [0.2, 0.25) is 0 Å². The monoisotopic (exact) mass is 403 g/mol. The summed E-state index contributed by atoms with van der Waals surface area (Å²) in [6.07, 6.45) is 0.0312. The third-order valence-corrected chi connectivity index (χ3v) is 5.35. The highest BCUT2D eigenvalue weighted by atomic mass is 79.9. The first-order valence-corrected chi connectivity index (χ1v) is 9.33. The summed E-state index contributed by atoms with van der Waals surface area (Å²) in [4.78, 5) is 4.59. The first kappa shape index (κ1) is 17.9. The number of aryl methyl sites for hydroxylation is 1. The smallest absolute Gasteiger partial charge is 0.178 e. The Bertz CT molecular complexity index is 791. The molecule has 0 bridgehead atoms. The van der Waals surface area contributed by atoms with Crippen LogP contribution in [0.1, 0.15) is 30.9 Å². The zero-order valence-electron chi connectivity index (χ0n) is 15.7. The van der Waals surface area contributed by atoms with Crippen LogP contribution in [-0.4, -0.2) is 27.5 Å². The predicted octanol–water partition coefficient (Wildman–Crippen LogP) is 5.17. The van der Waals surface area contributed by atoms with Crippen molar-refractivity contribution in [2.45, 2.75) is 33.0 Å². The molecular weight excluding hydrogens is 378 g/mol. The maximum Gasteiger partial charge on any atom is 0.178 e. The fourth-order valence-electron chi connectivity index (χ4n) is 3.58. The van der Waals surface area contributed by atoms with Gasteiger partial charge in [0.1, 0.15) is 5.75 Å².